The van der Waals surface area contributed by atoms with E-state index in [0.717, 1.165) is 11.8 Å². The van der Waals surface area contributed by atoms with Crippen molar-refractivity contribution >= 4 is 23.2 Å². The van der Waals surface area contributed by atoms with Crippen molar-refractivity contribution in [3.05, 3.63) is 22.4 Å². The summed E-state index contributed by atoms with van der Waals surface area (Å²) in [5, 5.41) is 22.2. The maximum atomic E-state index is 11.4. The summed E-state index contributed by atoms with van der Waals surface area (Å²) in [6.45, 7) is 0.841. The Kier molecular flexibility index (Phi) is 4.03. The van der Waals surface area contributed by atoms with Crippen molar-refractivity contribution in [3.63, 3.8) is 0 Å². The molecule has 1 atom stereocenters. The molecule has 0 aliphatic rings. The maximum absolute atomic E-state index is 11.4. The number of aliphatic carboxylic acids is 1. The van der Waals surface area contributed by atoms with Crippen molar-refractivity contribution in [3.8, 4) is 0 Å². The van der Waals surface area contributed by atoms with E-state index in [2.05, 4.69) is 5.32 Å². The molecule has 0 aromatic carbocycles. The highest BCUT2D eigenvalue weighted by Gasteiger charge is 2.30. The van der Waals surface area contributed by atoms with Gasteiger partial charge in [-0.05, 0) is 18.4 Å². The van der Waals surface area contributed by atoms with Gasteiger partial charge in [0.25, 0.3) is 0 Å². The van der Waals surface area contributed by atoms with E-state index in [0.29, 0.717) is 0 Å². The molecular weight excluding hydrogens is 230 g/mol. The van der Waals surface area contributed by atoms with Crippen molar-refractivity contribution in [1.82, 2.24) is 5.32 Å². The van der Waals surface area contributed by atoms with Gasteiger partial charge in [-0.1, -0.05) is 6.07 Å². The van der Waals surface area contributed by atoms with Crippen LogP contribution < -0.4 is 5.32 Å². The SMILES string of the molecule is CC(O)(CNC(=O)Cc1cccs1)C(=O)O. The summed E-state index contributed by atoms with van der Waals surface area (Å²) in [6.07, 6.45) is 0.202. The summed E-state index contributed by atoms with van der Waals surface area (Å²) in [5.74, 6) is -1.66. The summed E-state index contributed by atoms with van der Waals surface area (Å²) in [4.78, 5) is 22.8. The average molecular weight is 243 g/mol. The molecule has 6 heteroatoms. The summed E-state index contributed by atoms with van der Waals surface area (Å²) < 4.78 is 0. The molecular formula is C10H13NO4S. The predicted molar refractivity (Wildman–Crippen MR) is 59.3 cm³/mol. The third-order valence-corrected chi connectivity index (χ3v) is 2.88. The van der Waals surface area contributed by atoms with E-state index in [-0.39, 0.29) is 18.9 Å². The number of carboxylic acid groups (broad SMARTS) is 1. The lowest BCUT2D eigenvalue weighted by Gasteiger charge is -2.18. The summed E-state index contributed by atoms with van der Waals surface area (Å²) in [7, 11) is 0. The second-order valence-corrected chi connectivity index (χ2v) is 4.64. The predicted octanol–water partition coefficient (Wildman–Crippen LogP) is 0.242. The minimum absolute atomic E-state index is 0.202. The highest BCUT2D eigenvalue weighted by Crippen LogP contribution is 2.09. The molecule has 16 heavy (non-hydrogen) atoms. The smallest absolute Gasteiger partial charge is 0.337 e. The van der Waals surface area contributed by atoms with Crippen LogP contribution in [0.1, 0.15) is 11.8 Å². The minimum atomic E-state index is -1.93. The van der Waals surface area contributed by atoms with E-state index in [1.807, 2.05) is 17.5 Å². The van der Waals surface area contributed by atoms with Crippen LogP contribution >= 0.6 is 11.3 Å². The molecule has 0 saturated heterocycles. The van der Waals surface area contributed by atoms with Gasteiger partial charge in [-0.15, -0.1) is 11.3 Å². The number of rotatable bonds is 5. The largest absolute Gasteiger partial charge is 0.479 e. The molecule has 0 aliphatic carbocycles. The van der Waals surface area contributed by atoms with E-state index >= 15 is 0 Å². The highest BCUT2D eigenvalue weighted by atomic mass is 32.1. The van der Waals surface area contributed by atoms with Crippen LogP contribution in [0.4, 0.5) is 0 Å². The number of nitrogens with one attached hydrogen (secondary N) is 1. The highest BCUT2D eigenvalue weighted by molar-refractivity contribution is 7.10. The Balaban J connectivity index is 2.39. The van der Waals surface area contributed by atoms with Gasteiger partial charge in [-0.25, -0.2) is 4.79 Å². The molecule has 5 nitrogen and oxygen atoms in total. The van der Waals surface area contributed by atoms with Crippen LogP contribution in [0.3, 0.4) is 0 Å². The number of carboxylic acids is 1. The van der Waals surface area contributed by atoms with Gasteiger partial charge < -0.3 is 15.5 Å². The van der Waals surface area contributed by atoms with Crippen LogP contribution in [0, 0.1) is 0 Å². The second-order valence-electron chi connectivity index (χ2n) is 3.61. The molecule has 1 aromatic rings. The Morgan fingerprint density at radius 2 is 2.25 bits per heavy atom. The molecule has 3 N–H and O–H groups in total. The maximum Gasteiger partial charge on any atom is 0.337 e. The molecule has 0 fully saturated rings. The van der Waals surface area contributed by atoms with E-state index in [1.165, 1.54) is 11.3 Å². The lowest BCUT2D eigenvalue weighted by Crippen LogP contribution is -2.46. The fraction of sp³-hybridized carbons (Fsp3) is 0.400. The molecule has 0 bridgehead atoms. The van der Waals surface area contributed by atoms with Gasteiger partial charge in [0.05, 0.1) is 13.0 Å². The first-order chi connectivity index (χ1) is 7.42. The Morgan fingerprint density at radius 1 is 1.56 bits per heavy atom. The molecule has 0 spiro atoms. The lowest BCUT2D eigenvalue weighted by molar-refractivity contribution is -0.156. The number of hydrogen-bond acceptors (Lipinski definition) is 4. The summed E-state index contributed by atoms with van der Waals surface area (Å²) in [5.41, 5.74) is -1.93. The van der Waals surface area contributed by atoms with Crippen molar-refractivity contribution in [2.45, 2.75) is 18.9 Å². The van der Waals surface area contributed by atoms with Gasteiger partial charge in [0.15, 0.2) is 5.60 Å². The summed E-state index contributed by atoms with van der Waals surface area (Å²) >= 11 is 1.45. The van der Waals surface area contributed by atoms with Gasteiger partial charge in [-0.3, -0.25) is 4.79 Å². The van der Waals surface area contributed by atoms with Crippen molar-refractivity contribution < 1.29 is 19.8 Å². The van der Waals surface area contributed by atoms with E-state index < -0.39 is 11.6 Å². The number of carbonyl (C=O) groups is 2. The number of carbonyl (C=O) groups excluding carboxylic acids is 1. The van der Waals surface area contributed by atoms with Gasteiger partial charge in [0.2, 0.25) is 5.91 Å². The first-order valence-electron chi connectivity index (χ1n) is 4.66. The van der Waals surface area contributed by atoms with Crippen LogP contribution in [0.25, 0.3) is 0 Å². The zero-order chi connectivity index (χ0) is 12.2. The second kappa shape index (κ2) is 5.09. The number of amides is 1. The Hall–Kier alpha value is -1.40. The van der Waals surface area contributed by atoms with Crippen LogP contribution in [0.15, 0.2) is 17.5 Å². The zero-order valence-electron chi connectivity index (χ0n) is 8.77. The molecule has 0 radical (unpaired) electrons. The van der Waals surface area contributed by atoms with Crippen molar-refractivity contribution in [2.24, 2.45) is 0 Å². The third-order valence-electron chi connectivity index (χ3n) is 2.01. The van der Waals surface area contributed by atoms with E-state index in [4.69, 9.17) is 5.11 Å². The Morgan fingerprint density at radius 3 is 2.75 bits per heavy atom. The van der Waals surface area contributed by atoms with Gasteiger partial charge in [-0.2, -0.15) is 0 Å². The lowest BCUT2D eigenvalue weighted by atomic mass is 10.1. The van der Waals surface area contributed by atoms with Crippen molar-refractivity contribution in [2.75, 3.05) is 6.54 Å². The molecule has 1 amide bonds. The molecule has 0 aliphatic heterocycles. The van der Waals surface area contributed by atoms with Crippen LogP contribution in [0.5, 0.6) is 0 Å². The van der Waals surface area contributed by atoms with E-state index in [9.17, 15) is 14.7 Å². The molecule has 88 valence electrons. The molecule has 0 saturated carbocycles. The van der Waals surface area contributed by atoms with Crippen molar-refractivity contribution in [1.29, 1.82) is 0 Å². The number of aliphatic hydroxyl groups is 1. The third kappa shape index (κ3) is 3.63. The standard InChI is InChI=1S/C10H13NO4S/c1-10(15,9(13)14)6-11-8(12)5-7-3-2-4-16-7/h2-4,15H,5-6H2,1H3,(H,11,12)(H,13,14). The number of hydrogen-bond donors (Lipinski definition) is 3. The fourth-order valence-corrected chi connectivity index (χ4v) is 1.68. The first kappa shape index (κ1) is 12.7. The van der Waals surface area contributed by atoms with Gasteiger partial charge in [0.1, 0.15) is 0 Å². The van der Waals surface area contributed by atoms with Crippen LogP contribution in [-0.2, 0) is 16.0 Å². The minimum Gasteiger partial charge on any atom is -0.479 e. The van der Waals surface area contributed by atoms with Gasteiger partial charge >= 0.3 is 5.97 Å². The van der Waals surface area contributed by atoms with Crippen LogP contribution in [0.2, 0.25) is 0 Å². The van der Waals surface area contributed by atoms with Crippen LogP contribution in [-0.4, -0.2) is 34.2 Å². The Labute approximate surface area is 96.7 Å². The Bertz CT molecular complexity index is 372. The molecule has 1 heterocycles. The zero-order valence-corrected chi connectivity index (χ0v) is 9.58. The van der Waals surface area contributed by atoms with E-state index in [1.54, 1.807) is 0 Å². The fourth-order valence-electron chi connectivity index (χ4n) is 0.980. The normalized spacial score (nSPS) is 14.1. The topological polar surface area (TPSA) is 86.6 Å². The quantitative estimate of drug-likeness (QED) is 0.691. The number of thiophene rings is 1. The molecule has 1 rings (SSSR count). The molecule has 1 unspecified atom stereocenters. The molecule has 1 aromatic heterocycles. The van der Waals surface area contributed by atoms with Gasteiger partial charge in [0, 0.05) is 4.88 Å². The first-order valence-corrected chi connectivity index (χ1v) is 5.54. The average Bonchev–Trinajstić information content (AvgIpc) is 2.67. The summed E-state index contributed by atoms with van der Waals surface area (Å²) in [6, 6.07) is 3.65. The monoisotopic (exact) mass is 243 g/mol.